The van der Waals surface area contributed by atoms with Crippen molar-refractivity contribution in [3.8, 4) is 11.5 Å². The van der Waals surface area contributed by atoms with Crippen molar-refractivity contribution < 1.29 is 24.2 Å². The first-order valence-corrected chi connectivity index (χ1v) is 11.9. The summed E-state index contributed by atoms with van der Waals surface area (Å²) in [7, 11) is 1.53. The molecule has 1 fully saturated rings. The third-order valence-corrected chi connectivity index (χ3v) is 6.30. The van der Waals surface area contributed by atoms with Gasteiger partial charge in [0.15, 0.2) is 16.6 Å². The number of hydrogen-bond acceptors (Lipinski definition) is 8. The van der Waals surface area contributed by atoms with E-state index in [0.29, 0.717) is 34.4 Å². The van der Waals surface area contributed by atoms with E-state index in [2.05, 4.69) is 16.9 Å². The second kappa shape index (κ2) is 10.5. The molecule has 0 aliphatic carbocycles. The maximum absolute atomic E-state index is 13.1. The topological polar surface area (TPSA) is 102 Å². The Morgan fingerprint density at radius 1 is 1.12 bits per heavy atom. The zero-order chi connectivity index (χ0) is 24.1. The van der Waals surface area contributed by atoms with Crippen molar-refractivity contribution in [1.82, 2.24) is 9.97 Å². The fraction of sp³-hybridized carbons (Fsp3) is 0.280. The van der Waals surface area contributed by atoms with Crippen LogP contribution in [0, 0.1) is 0 Å². The number of ether oxygens (including phenoxy) is 2. The van der Waals surface area contributed by atoms with Gasteiger partial charge in [0, 0.05) is 29.5 Å². The molecule has 0 saturated carbocycles. The summed E-state index contributed by atoms with van der Waals surface area (Å²) < 4.78 is 11.4. The van der Waals surface area contributed by atoms with Crippen LogP contribution >= 0.6 is 11.3 Å². The average molecular weight is 480 g/mol. The molecule has 1 aliphatic heterocycles. The van der Waals surface area contributed by atoms with E-state index in [1.807, 2.05) is 0 Å². The molecule has 1 unspecified atom stereocenters. The quantitative estimate of drug-likeness (QED) is 0.205. The smallest absolute Gasteiger partial charge is 0.301 e. The van der Waals surface area contributed by atoms with Gasteiger partial charge in [-0.25, -0.2) is 4.98 Å². The molecule has 0 radical (unpaired) electrons. The summed E-state index contributed by atoms with van der Waals surface area (Å²) >= 11 is 1.23. The lowest BCUT2D eigenvalue weighted by atomic mass is 9.95. The van der Waals surface area contributed by atoms with Gasteiger partial charge in [0.05, 0.1) is 25.3 Å². The molecule has 3 heterocycles. The van der Waals surface area contributed by atoms with E-state index in [4.69, 9.17) is 9.47 Å². The van der Waals surface area contributed by atoms with Crippen LogP contribution in [0.15, 0.2) is 59.9 Å². The first-order valence-electron chi connectivity index (χ1n) is 11.0. The molecule has 1 saturated heterocycles. The second-order valence-electron chi connectivity index (χ2n) is 7.69. The lowest BCUT2D eigenvalue weighted by molar-refractivity contribution is -0.132. The highest BCUT2D eigenvalue weighted by Crippen LogP contribution is 2.44. The maximum atomic E-state index is 13.1. The van der Waals surface area contributed by atoms with Crippen molar-refractivity contribution in [2.24, 2.45) is 0 Å². The van der Waals surface area contributed by atoms with E-state index >= 15 is 0 Å². The standard InChI is InChI=1S/C25H25N3O5S/c1-3-4-5-13-33-18-7-6-17(15-19(18)32-2)21-20(22(29)16-8-10-26-11-9-16)23(30)24(31)28(21)25-27-12-14-34-25/h6-12,14-15,21,29H,3-5,13H2,1-2H3. The van der Waals surface area contributed by atoms with Crippen molar-refractivity contribution in [2.75, 3.05) is 18.6 Å². The minimum absolute atomic E-state index is 0.0231. The van der Waals surface area contributed by atoms with Crippen LogP contribution in [0.3, 0.4) is 0 Å². The van der Waals surface area contributed by atoms with Gasteiger partial charge in [-0.2, -0.15) is 0 Å². The summed E-state index contributed by atoms with van der Waals surface area (Å²) in [4.78, 5) is 35.7. The second-order valence-corrected chi connectivity index (χ2v) is 8.56. The van der Waals surface area contributed by atoms with E-state index in [9.17, 15) is 14.7 Å². The molecule has 4 rings (SSSR count). The Morgan fingerprint density at radius 2 is 1.91 bits per heavy atom. The number of benzene rings is 1. The minimum atomic E-state index is -0.887. The number of thiazole rings is 1. The van der Waals surface area contributed by atoms with Gasteiger partial charge >= 0.3 is 5.91 Å². The van der Waals surface area contributed by atoms with Gasteiger partial charge in [-0.3, -0.25) is 19.5 Å². The molecular formula is C25H25N3O5S. The minimum Gasteiger partial charge on any atom is -0.507 e. The molecule has 1 atom stereocenters. The number of aliphatic hydroxyl groups excluding tert-OH is 1. The Balaban J connectivity index is 1.81. The highest BCUT2D eigenvalue weighted by Gasteiger charge is 2.48. The Bertz CT molecular complexity index is 1190. The van der Waals surface area contributed by atoms with Crippen LogP contribution in [-0.2, 0) is 9.59 Å². The fourth-order valence-corrected chi connectivity index (χ4v) is 4.52. The van der Waals surface area contributed by atoms with Crippen LogP contribution in [0.1, 0.15) is 43.4 Å². The molecule has 1 amide bonds. The van der Waals surface area contributed by atoms with E-state index in [0.717, 1.165) is 19.3 Å². The zero-order valence-electron chi connectivity index (χ0n) is 18.9. The number of ketones is 1. The molecule has 1 aliphatic rings. The van der Waals surface area contributed by atoms with Gasteiger partial charge in [0.1, 0.15) is 5.76 Å². The number of aromatic nitrogens is 2. The maximum Gasteiger partial charge on any atom is 0.301 e. The number of aliphatic hydroxyl groups is 1. The van der Waals surface area contributed by atoms with Gasteiger partial charge in [-0.05, 0) is 36.2 Å². The predicted octanol–water partition coefficient (Wildman–Crippen LogP) is 4.74. The van der Waals surface area contributed by atoms with Crippen LogP contribution in [0.5, 0.6) is 11.5 Å². The zero-order valence-corrected chi connectivity index (χ0v) is 19.7. The Labute approximate surface area is 201 Å². The third kappa shape index (κ3) is 4.51. The van der Waals surface area contributed by atoms with Crippen molar-refractivity contribution >= 4 is 33.9 Å². The monoisotopic (exact) mass is 479 g/mol. The highest BCUT2D eigenvalue weighted by atomic mass is 32.1. The largest absolute Gasteiger partial charge is 0.507 e. The third-order valence-electron chi connectivity index (χ3n) is 5.53. The number of anilines is 1. The molecule has 1 N–H and O–H groups in total. The van der Waals surface area contributed by atoms with E-state index in [1.54, 1.807) is 41.9 Å². The molecule has 176 valence electrons. The molecule has 2 aromatic heterocycles. The summed E-state index contributed by atoms with van der Waals surface area (Å²) in [5, 5.41) is 13.2. The summed E-state index contributed by atoms with van der Waals surface area (Å²) in [6.07, 6.45) is 7.66. The number of carbonyl (C=O) groups excluding carboxylic acids is 2. The van der Waals surface area contributed by atoms with Gasteiger partial charge in [0.25, 0.3) is 5.78 Å². The highest BCUT2D eigenvalue weighted by molar-refractivity contribution is 7.14. The van der Waals surface area contributed by atoms with Crippen LogP contribution in [0.25, 0.3) is 5.76 Å². The van der Waals surface area contributed by atoms with Crippen molar-refractivity contribution in [3.63, 3.8) is 0 Å². The normalized spacial score (nSPS) is 17.2. The molecule has 0 bridgehead atoms. The Morgan fingerprint density at radius 3 is 2.59 bits per heavy atom. The molecule has 9 heteroatoms. The van der Waals surface area contributed by atoms with Crippen molar-refractivity contribution in [1.29, 1.82) is 0 Å². The van der Waals surface area contributed by atoms with Gasteiger partial charge in [0.2, 0.25) is 0 Å². The van der Waals surface area contributed by atoms with E-state index in [1.165, 1.54) is 35.7 Å². The summed E-state index contributed by atoms with van der Waals surface area (Å²) in [5.41, 5.74) is 0.952. The summed E-state index contributed by atoms with van der Waals surface area (Å²) in [6.45, 7) is 2.68. The molecule has 34 heavy (non-hydrogen) atoms. The predicted molar refractivity (Wildman–Crippen MR) is 129 cm³/mol. The first kappa shape index (κ1) is 23.4. The average Bonchev–Trinajstić information content (AvgIpc) is 3.48. The number of amides is 1. The van der Waals surface area contributed by atoms with Crippen LogP contribution in [-0.4, -0.2) is 40.5 Å². The molecular weight excluding hydrogens is 454 g/mol. The number of methoxy groups -OCH3 is 1. The number of nitrogens with zero attached hydrogens (tertiary/aromatic N) is 3. The summed E-state index contributed by atoms with van der Waals surface area (Å²) in [5.74, 6) is -0.767. The van der Waals surface area contributed by atoms with Crippen molar-refractivity contribution in [2.45, 2.75) is 32.2 Å². The van der Waals surface area contributed by atoms with Crippen molar-refractivity contribution in [3.05, 3.63) is 71.0 Å². The van der Waals surface area contributed by atoms with E-state index in [-0.39, 0.29) is 11.3 Å². The van der Waals surface area contributed by atoms with Crippen LogP contribution < -0.4 is 14.4 Å². The number of hydrogen-bond donors (Lipinski definition) is 1. The van der Waals surface area contributed by atoms with Gasteiger partial charge in [-0.15, -0.1) is 11.3 Å². The number of unbranched alkanes of at least 4 members (excludes halogenated alkanes) is 2. The molecule has 3 aromatic rings. The molecule has 0 spiro atoms. The SMILES string of the molecule is CCCCCOc1ccc(C2C(=C(O)c3ccncc3)C(=O)C(=O)N2c2nccs2)cc1OC. The number of pyridine rings is 1. The van der Waals surface area contributed by atoms with Gasteiger partial charge in [-0.1, -0.05) is 25.8 Å². The Hall–Kier alpha value is -3.72. The van der Waals surface area contributed by atoms with E-state index < -0.39 is 17.7 Å². The number of carbonyl (C=O) groups is 2. The summed E-state index contributed by atoms with van der Waals surface area (Å²) in [6, 6.07) is 7.53. The first-order chi connectivity index (χ1) is 16.6. The van der Waals surface area contributed by atoms with Crippen LogP contribution in [0.4, 0.5) is 5.13 Å². The van der Waals surface area contributed by atoms with Crippen LogP contribution in [0.2, 0.25) is 0 Å². The van der Waals surface area contributed by atoms with Gasteiger partial charge < -0.3 is 14.6 Å². The molecule has 1 aromatic carbocycles. The lowest BCUT2D eigenvalue weighted by Gasteiger charge is -2.24. The number of Topliss-reactive ketones (excluding diaryl/α,β-unsaturated/α-hetero) is 1. The lowest BCUT2D eigenvalue weighted by Crippen LogP contribution is -2.29. The Kier molecular flexibility index (Phi) is 7.22. The number of rotatable bonds is 9. The molecule has 8 nitrogen and oxygen atoms in total. The fourth-order valence-electron chi connectivity index (χ4n) is 3.85.